The van der Waals surface area contributed by atoms with E-state index in [-0.39, 0.29) is 16.3 Å². The number of amides is 1. The summed E-state index contributed by atoms with van der Waals surface area (Å²) in [6.07, 6.45) is 2.28. The number of nitrogens with zero attached hydrogens (tertiary/aromatic N) is 2. The molecule has 1 aromatic carbocycles. The number of aromatic nitrogens is 2. The number of carbonyl (C=O) groups excluding carboxylic acids is 1. The molecule has 1 aromatic heterocycles. The third kappa shape index (κ3) is 3.34. The molecule has 2 rings (SSSR count). The molecule has 0 saturated heterocycles. The van der Waals surface area contributed by atoms with Crippen LogP contribution in [0.4, 0.5) is 13.2 Å². The highest BCUT2D eigenvalue weighted by molar-refractivity contribution is 6.33. The van der Waals surface area contributed by atoms with E-state index in [4.69, 9.17) is 11.6 Å². The summed E-state index contributed by atoms with van der Waals surface area (Å²) in [6, 6.07) is 0.200. The van der Waals surface area contributed by atoms with E-state index >= 15 is 0 Å². The molecule has 0 bridgehead atoms. The van der Waals surface area contributed by atoms with Crippen LogP contribution < -0.4 is 5.32 Å². The first-order valence-electron chi connectivity index (χ1n) is 5.95. The molecule has 9 heteroatoms. The highest BCUT2D eigenvalue weighted by Crippen LogP contribution is 2.20. The van der Waals surface area contributed by atoms with Crippen molar-refractivity contribution in [3.63, 3.8) is 0 Å². The maximum atomic E-state index is 13.2. The van der Waals surface area contributed by atoms with Gasteiger partial charge in [0.2, 0.25) is 0 Å². The van der Waals surface area contributed by atoms with Crippen molar-refractivity contribution in [2.24, 2.45) is 0 Å². The second-order valence-corrected chi connectivity index (χ2v) is 4.63. The lowest BCUT2D eigenvalue weighted by atomic mass is 10.1. The molecule has 0 aliphatic rings. The van der Waals surface area contributed by atoms with Gasteiger partial charge in [0.05, 0.1) is 17.7 Å². The van der Waals surface area contributed by atoms with Gasteiger partial charge < -0.3 is 10.4 Å². The summed E-state index contributed by atoms with van der Waals surface area (Å²) in [5.41, 5.74) is -0.310. The molecule has 116 valence electrons. The highest BCUT2D eigenvalue weighted by atomic mass is 35.5. The molecule has 1 amide bonds. The minimum Gasteiger partial charge on any atom is -0.394 e. The van der Waals surface area contributed by atoms with E-state index in [1.54, 1.807) is 0 Å². The van der Waals surface area contributed by atoms with Crippen LogP contribution in [-0.2, 0) is 0 Å². The van der Waals surface area contributed by atoms with Gasteiger partial charge in [-0.3, -0.25) is 4.79 Å². The van der Waals surface area contributed by atoms with Crippen LogP contribution in [0.15, 0.2) is 24.7 Å². The van der Waals surface area contributed by atoms with Crippen molar-refractivity contribution in [2.75, 3.05) is 6.61 Å². The van der Waals surface area contributed by atoms with Crippen molar-refractivity contribution in [3.05, 3.63) is 58.4 Å². The van der Waals surface area contributed by atoms with Crippen LogP contribution in [0.5, 0.6) is 0 Å². The summed E-state index contributed by atoms with van der Waals surface area (Å²) in [4.78, 5) is 19.3. The van der Waals surface area contributed by atoms with Crippen LogP contribution in [0.25, 0.3) is 0 Å². The van der Waals surface area contributed by atoms with Gasteiger partial charge in [-0.1, -0.05) is 11.6 Å². The molecule has 1 heterocycles. The van der Waals surface area contributed by atoms with E-state index in [9.17, 15) is 23.1 Å². The minimum atomic E-state index is -1.63. The average molecular weight is 332 g/mol. The number of nitrogens with one attached hydrogen (secondary N) is 1. The summed E-state index contributed by atoms with van der Waals surface area (Å²) in [5, 5.41) is 11.5. The largest absolute Gasteiger partial charge is 0.394 e. The fraction of sp³-hybridized carbons (Fsp3) is 0.154. The molecule has 0 fully saturated rings. The van der Waals surface area contributed by atoms with Gasteiger partial charge in [-0.2, -0.15) is 0 Å². The topological polar surface area (TPSA) is 75.1 Å². The predicted octanol–water partition coefficient (Wildman–Crippen LogP) is 2.01. The molecule has 2 aromatic rings. The van der Waals surface area contributed by atoms with Gasteiger partial charge in [-0.05, 0) is 17.7 Å². The number of hydrogen-bond acceptors (Lipinski definition) is 4. The first-order chi connectivity index (χ1) is 10.4. The molecule has 0 aliphatic carbocycles. The maximum absolute atomic E-state index is 13.2. The van der Waals surface area contributed by atoms with Gasteiger partial charge in [-0.15, -0.1) is 0 Å². The third-order valence-corrected chi connectivity index (χ3v) is 3.06. The standard InChI is InChI=1S/C13H9ClF3N3O2/c14-7-3-18-5-19-12(7)13(22)20-10(4-21)6-1-8(15)11(17)9(16)2-6/h1-3,5,10,21H,4H2,(H,20,22). The third-order valence-electron chi connectivity index (χ3n) is 2.78. The first-order valence-corrected chi connectivity index (χ1v) is 6.33. The quantitative estimate of drug-likeness (QED) is 0.840. The van der Waals surface area contributed by atoms with Crippen LogP contribution in [0.3, 0.4) is 0 Å². The monoisotopic (exact) mass is 331 g/mol. The van der Waals surface area contributed by atoms with Crippen LogP contribution in [-0.4, -0.2) is 27.6 Å². The molecular weight excluding hydrogens is 323 g/mol. The second kappa shape index (κ2) is 6.71. The number of benzene rings is 1. The van der Waals surface area contributed by atoms with Crippen molar-refractivity contribution >= 4 is 17.5 Å². The number of aliphatic hydroxyl groups is 1. The van der Waals surface area contributed by atoms with E-state index in [0.29, 0.717) is 12.1 Å². The lowest BCUT2D eigenvalue weighted by molar-refractivity contribution is 0.0910. The summed E-state index contributed by atoms with van der Waals surface area (Å²) >= 11 is 5.75. The Morgan fingerprint density at radius 3 is 2.50 bits per heavy atom. The summed E-state index contributed by atoms with van der Waals surface area (Å²) in [6.45, 7) is -0.668. The zero-order chi connectivity index (χ0) is 16.3. The Labute approximate surface area is 127 Å². The van der Waals surface area contributed by atoms with Crippen molar-refractivity contribution in [1.29, 1.82) is 0 Å². The predicted molar refractivity (Wildman–Crippen MR) is 70.7 cm³/mol. The Kier molecular flexibility index (Phi) is 4.94. The molecule has 0 radical (unpaired) electrons. The normalized spacial score (nSPS) is 12.0. The number of halogens is 4. The van der Waals surface area contributed by atoms with Crippen molar-refractivity contribution in [1.82, 2.24) is 15.3 Å². The van der Waals surface area contributed by atoms with Crippen LogP contribution in [0.2, 0.25) is 5.02 Å². The summed E-state index contributed by atoms with van der Waals surface area (Å²) < 4.78 is 39.3. The van der Waals surface area contributed by atoms with E-state index in [0.717, 1.165) is 6.33 Å². The summed E-state index contributed by atoms with van der Waals surface area (Å²) in [5.74, 6) is -5.27. The van der Waals surface area contributed by atoms with Gasteiger partial charge in [0.25, 0.3) is 5.91 Å². The fourth-order valence-corrected chi connectivity index (χ4v) is 1.91. The lowest BCUT2D eigenvalue weighted by Gasteiger charge is -2.17. The van der Waals surface area contributed by atoms with E-state index in [1.807, 2.05) is 0 Å². The van der Waals surface area contributed by atoms with Crippen molar-refractivity contribution in [3.8, 4) is 0 Å². The van der Waals surface area contributed by atoms with Crippen LogP contribution in [0, 0.1) is 17.5 Å². The molecule has 1 unspecified atom stereocenters. The number of aliphatic hydroxyl groups excluding tert-OH is 1. The molecule has 2 N–H and O–H groups in total. The lowest BCUT2D eigenvalue weighted by Crippen LogP contribution is -2.31. The Bertz CT molecular complexity index is 692. The maximum Gasteiger partial charge on any atom is 0.272 e. The Morgan fingerprint density at radius 2 is 1.95 bits per heavy atom. The van der Waals surface area contributed by atoms with Gasteiger partial charge in [0.1, 0.15) is 12.0 Å². The van der Waals surface area contributed by atoms with Crippen LogP contribution >= 0.6 is 11.6 Å². The van der Waals surface area contributed by atoms with Crippen molar-refractivity contribution in [2.45, 2.75) is 6.04 Å². The van der Waals surface area contributed by atoms with E-state index in [1.165, 1.54) is 6.20 Å². The highest BCUT2D eigenvalue weighted by Gasteiger charge is 2.21. The van der Waals surface area contributed by atoms with E-state index in [2.05, 4.69) is 15.3 Å². The summed E-state index contributed by atoms with van der Waals surface area (Å²) in [7, 11) is 0. The molecular formula is C13H9ClF3N3O2. The number of hydrogen-bond donors (Lipinski definition) is 2. The van der Waals surface area contributed by atoms with Gasteiger partial charge >= 0.3 is 0 Å². The molecule has 22 heavy (non-hydrogen) atoms. The Hall–Kier alpha value is -2.19. The van der Waals surface area contributed by atoms with Gasteiger partial charge in [-0.25, -0.2) is 23.1 Å². The van der Waals surface area contributed by atoms with Crippen LogP contribution in [0.1, 0.15) is 22.1 Å². The van der Waals surface area contributed by atoms with Gasteiger partial charge in [0, 0.05) is 6.20 Å². The van der Waals surface area contributed by atoms with E-state index < -0.39 is 36.0 Å². The SMILES string of the molecule is O=C(NC(CO)c1cc(F)c(F)c(F)c1)c1ncncc1Cl. The molecule has 0 aliphatic heterocycles. The zero-order valence-corrected chi connectivity index (χ0v) is 11.6. The fourth-order valence-electron chi connectivity index (χ4n) is 1.72. The number of rotatable bonds is 4. The van der Waals surface area contributed by atoms with Crippen molar-refractivity contribution < 1.29 is 23.1 Å². The smallest absolute Gasteiger partial charge is 0.272 e. The average Bonchev–Trinajstić information content (AvgIpc) is 2.50. The minimum absolute atomic E-state index is 0.0341. The molecule has 0 saturated carbocycles. The second-order valence-electron chi connectivity index (χ2n) is 4.23. The number of carbonyl (C=O) groups is 1. The molecule has 5 nitrogen and oxygen atoms in total. The Morgan fingerprint density at radius 1 is 1.32 bits per heavy atom. The van der Waals surface area contributed by atoms with Gasteiger partial charge in [0.15, 0.2) is 17.5 Å². The molecule has 0 spiro atoms. The molecule has 1 atom stereocenters. The zero-order valence-electron chi connectivity index (χ0n) is 10.9. The Balaban J connectivity index is 2.26. The first kappa shape index (κ1) is 16.2.